The van der Waals surface area contributed by atoms with Crippen LogP contribution < -0.4 is 19.7 Å². The van der Waals surface area contributed by atoms with Gasteiger partial charge in [-0.1, -0.05) is 18.2 Å². The van der Waals surface area contributed by atoms with E-state index in [0.29, 0.717) is 12.5 Å². The molecule has 156 valence electrons. The number of nitrogens with one attached hydrogen (secondary N) is 1. The normalized spacial score (nSPS) is 14.5. The summed E-state index contributed by atoms with van der Waals surface area (Å²) < 4.78 is 11.0. The highest BCUT2D eigenvalue weighted by molar-refractivity contribution is 5.93. The van der Waals surface area contributed by atoms with Gasteiger partial charge in [0.15, 0.2) is 5.82 Å². The number of hydrogen-bond donors (Lipinski definition) is 1. The summed E-state index contributed by atoms with van der Waals surface area (Å²) in [6, 6.07) is 15.2. The first-order chi connectivity index (χ1) is 14.7. The number of anilines is 2. The first kappa shape index (κ1) is 19.9. The first-order valence-corrected chi connectivity index (χ1v) is 10.3. The predicted molar refractivity (Wildman–Crippen MR) is 117 cm³/mol. The van der Waals surface area contributed by atoms with Gasteiger partial charge >= 0.3 is 0 Å². The average Bonchev–Trinajstić information content (AvgIpc) is 2.79. The maximum Gasteiger partial charge on any atom is 0.258 e. The van der Waals surface area contributed by atoms with Gasteiger partial charge in [-0.3, -0.25) is 4.79 Å². The van der Waals surface area contributed by atoms with Crippen LogP contribution in [0.25, 0.3) is 11.0 Å². The van der Waals surface area contributed by atoms with Crippen molar-refractivity contribution in [3.8, 4) is 11.6 Å². The van der Waals surface area contributed by atoms with Gasteiger partial charge in [0.05, 0.1) is 24.8 Å². The van der Waals surface area contributed by atoms with Crippen LogP contribution >= 0.6 is 0 Å². The molecule has 4 rings (SSSR count). The van der Waals surface area contributed by atoms with Crippen LogP contribution in [0.2, 0.25) is 0 Å². The Bertz CT molecular complexity index is 1030. The molecule has 0 unspecified atom stereocenters. The van der Waals surface area contributed by atoms with Crippen molar-refractivity contribution in [3.05, 3.63) is 48.5 Å². The molecular weight excluding hydrogens is 380 g/mol. The van der Waals surface area contributed by atoms with Crippen LogP contribution in [-0.2, 0) is 4.79 Å². The third-order valence-electron chi connectivity index (χ3n) is 5.30. The van der Waals surface area contributed by atoms with Gasteiger partial charge in [0.2, 0.25) is 5.91 Å². The number of carbonyl (C=O) groups excluding carboxylic acids is 1. The zero-order chi connectivity index (χ0) is 20.9. The molecule has 0 atom stereocenters. The zero-order valence-electron chi connectivity index (χ0n) is 17.3. The Morgan fingerprint density at radius 3 is 2.53 bits per heavy atom. The third kappa shape index (κ3) is 4.30. The highest BCUT2D eigenvalue weighted by Crippen LogP contribution is 2.31. The van der Waals surface area contributed by atoms with E-state index in [-0.39, 0.29) is 11.8 Å². The van der Waals surface area contributed by atoms with Crippen LogP contribution in [0.1, 0.15) is 19.8 Å². The molecular formula is C23H26N4O3. The summed E-state index contributed by atoms with van der Waals surface area (Å²) in [4.78, 5) is 24.3. The SMILES string of the molecule is CCOc1nc2ccccc2nc1N1CCC(C(=O)Nc2cccc(OC)c2)CC1. The second kappa shape index (κ2) is 8.98. The molecule has 1 amide bonds. The molecule has 0 radical (unpaired) electrons. The molecule has 7 heteroatoms. The summed E-state index contributed by atoms with van der Waals surface area (Å²) in [6.45, 7) is 3.92. The van der Waals surface area contributed by atoms with Crippen molar-refractivity contribution >= 4 is 28.4 Å². The molecule has 1 saturated heterocycles. The molecule has 1 aliphatic heterocycles. The topological polar surface area (TPSA) is 76.6 Å². The largest absolute Gasteiger partial charge is 0.497 e. The molecule has 1 aromatic heterocycles. The number of ether oxygens (including phenoxy) is 2. The Kier molecular flexibility index (Phi) is 5.97. The van der Waals surface area contributed by atoms with E-state index in [2.05, 4.69) is 15.2 Å². The van der Waals surface area contributed by atoms with Crippen LogP contribution in [0, 0.1) is 5.92 Å². The molecule has 0 bridgehead atoms. The predicted octanol–water partition coefficient (Wildman–Crippen LogP) is 3.89. The number of nitrogens with zero attached hydrogens (tertiary/aromatic N) is 3. The lowest BCUT2D eigenvalue weighted by atomic mass is 9.96. The Labute approximate surface area is 176 Å². The highest BCUT2D eigenvalue weighted by atomic mass is 16.5. The Morgan fingerprint density at radius 2 is 1.83 bits per heavy atom. The number of carbonyl (C=O) groups is 1. The van der Waals surface area contributed by atoms with E-state index in [1.807, 2.05) is 55.5 Å². The molecule has 3 aromatic rings. The summed E-state index contributed by atoms with van der Waals surface area (Å²) in [5, 5.41) is 3.01. The number of methoxy groups -OCH3 is 1. The van der Waals surface area contributed by atoms with E-state index in [4.69, 9.17) is 14.5 Å². The van der Waals surface area contributed by atoms with Crippen molar-refractivity contribution in [3.63, 3.8) is 0 Å². The van der Waals surface area contributed by atoms with Crippen molar-refractivity contribution in [2.45, 2.75) is 19.8 Å². The van der Waals surface area contributed by atoms with Crippen molar-refractivity contribution in [2.24, 2.45) is 5.92 Å². The van der Waals surface area contributed by atoms with E-state index in [0.717, 1.165) is 54.2 Å². The molecule has 1 N–H and O–H groups in total. The van der Waals surface area contributed by atoms with Gasteiger partial charge in [-0.2, -0.15) is 0 Å². The number of fused-ring (bicyclic) bond motifs is 1. The lowest BCUT2D eigenvalue weighted by Gasteiger charge is -2.32. The summed E-state index contributed by atoms with van der Waals surface area (Å²) in [5.74, 6) is 2.02. The standard InChI is InChI=1S/C23H26N4O3/c1-3-30-23-21(25-19-9-4-5-10-20(19)26-23)27-13-11-16(12-14-27)22(28)24-17-7-6-8-18(15-17)29-2/h4-10,15-16H,3,11-14H2,1-2H3,(H,24,28). The van der Waals surface area contributed by atoms with Crippen molar-refractivity contribution in [2.75, 3.05) is 37.0 Å². The highest BCUT2D eigenvalue weighted by Gasteiger charge is 2.28. The smallest absolute Gasteiger partial charge is 0.258 e. The number of para-hydroxylation sites is 2. The molecule has 0 aliphatic carbocycles. The molecule has 0 spiro atoms. The fourth-order valence-electron chi connectivity index (χ4n) is 3.71. The van der Waals surface area contributed by atoms with E-state index in [1.165, 1.54) is 0 Å². The first-order valence-electron chi connectivity index (χ1n) is 10.3. The summed E-state index contributed by atoms with van der Waals surface area (Å²) >= 11 is 0. The van der Waals surface area contributed by atoms with Crippen molar-refractivity contribution in [1.29, 1.82) is 0 Å². The summed E-state index contributed by atoms with van der Waals surface area (Å²) in [5.41, 5.74) is 2.41. The minimum absolute atomic E-state index is 0.0394. The van der Waals surface area contributed by atoms with Gasteiger partial charge in [-0.25, -0.2) is 9.97 Å². The van der Waals surface area contributed by atoms with E-state index in [9.17, 15) is 4.79 Å². The van der Waals surface area contributed by atoms with Crippen LogP contribution in [0.15, 0.2) is 48.5 Å². The molecule has 30 heavy (non-hydrogen) atoms. The molecule has 1 fully saturated rings. The molecule has 1 aliphatic rings. The third-order valence-corrected chi connectivity index (χ3v) is 5.30. The fraction of sp³-hybridized carbons (Fsp3) is 0.348. The van der Waals surface area contributed by atoms with Gasteiger partial charge < -0.3 is 19.7 Å². The monoisotopic (exact) mass is 406 g/mol. The number of amides is 1. The molecule has 2 aromatic carbocycles. The Morgan fingerprint density at radius 1 is 1.10 bits per heavy atom. The maximum atomic E-state index is 12.7. The van der Waals surface area contributed by atoms with E-state index >= 15 is 0 Å². The zero-order valence-corrected chi connectivity index (χ0v) is 17.3. The Balaban J connectivity index is 1.45. The van der Waals surface area contributed by atoms with Crippen molar-refractivity contribution < 1.29 is 14.3 Å². The van der Waals surface area contributed by atoms with Crippen LogP contribution in [0.4, 0.5) is 11.5 Å². The van der Waals surface area contributed by atoms with Crippen LogP contribution in [-0.4, -0.2) is 42.7 Å². The van der Waals surface area contributed by atoms with Gasteiger partial charge in [0.25, 0.3) is 5.88 Å². The maximum absolute atomic E-state index is 12.7. The number of hydrogen-bond acceptors (Lipinski definition) is 6. The van der Waals surface area contributed by atoms with Crippen LogP contribution in [0.5, 0.6) is 11.6 Å². The lowest BCUT2D eigenvalue weighted by molar-refractivity contribution is -0.120. The second-order valence-electron chi connectivity index (χ2n) is 7.26. The second-order valence-corrected chi connectivity index (χ2v) is 7.26. The fourth-order valence-corrected chi connectivity index (χ4v) is 3.71. The number of piperidine rings is 1. The minimum atomic E-state index is -0.0450. The quantitative estimate of drug-likeness (QED) is 0.669. The lowest BCUT2D eigenvalue weighted by Crippen LogP contribution is -2.38. The summed E-state index contributed by atoms with van der Waals surface area (Å²) in [7, 11) is 1.61. The average molecular weight is 406 g/mol. The van der Waals surface area contributed by atoms with Gasteiger partial charge in [-0.05, 0) is 44.0 Å². The molecule has 2 heterocycles. The number of aromatic nitrogens is 2. The minimum Gasteiger partial charge on any atom is -0.497 e. The Hall–Kier alpha value is -3.35. The molecule has 0 saturated carbocycles. The van der Waals surface area contributed by atoms with Gasteiger partial charge in [0, 0.05) is 30.8 Å². The summed E-state index contributed by atoms with van der Waals surface area (Å²) in [6.07, 6.45) is 1.49. The molecule has 7 nitrogen and oxygen atoms in total. The van der Waals surface area contributed by atoms with Gasteiger partial charge in [0.1, 0.15) is 5.75 Å². The number of benzene rings is 2. The van der Waals surface area contributed by atoms with Crippen molar-refractivity contribution in [1.82, 2.24) is 9.97 Å². The number of rotatable bonds is 6. The van der Waals surface area contributed by atoms with E-state index in [1.54, 1.807) is 7.11 Å². The van der Waals surface area contributed by atoms with Gasteiger partial charge in [-0.15, -0.1) is 0 Å². The van der Waals surface area contributed by atoms with Crippen LogP contribution in [0.3, 0.4) is 0 Å². The van der Waals surface area contributed by atoms with E-state index < -0.39 is 0 Å².